The van der Waals surface area contributed by atoms with Gasteiger partial charge in [0, 0.05) is 24.8 Å². The molecule has 5 heteroatoms. The molecule has 1 saturated heterocycles. The van der Waals surface area contributed by atoms with Gasteiger partial charge in [-0.05, 0) is 31.9 Å². The summed E-state index contributed by atoms with van der Waals surface area (Å²) < 4.78 is 1.87. The number of hydrogen-bond acceptors (Lipinski definition) is 3. The van der Waals surface area contributed by atoms with Crippen LogP contribution in [-0.2, 0) is 11.3 Å². The van der Waals surface area contributed by atoms with E-state index in [0.717, 1.165) is 43.0 Å². The summed E-state index contributed by atoms with van der Waals surface area (Å²) in [4.78, 5) is 18.7. The summed E-state index contributed by atoms with van der Waals surface area (Å²) in [6.07, 6.45) is 4.07. The van der Waals surface area contributed by atoms with Crippen LogP contribution in [0, 0.1) is 6.92 Å². The number of aryl methyl sites for hydroxylation is 1. The Labute approximate surface area is 123 Å². The van der Waals surface area contributed by atoms with E-state index in [9.17, 15) is 9.90 Å². The number of aromatic nitrogens is 2. The predicted molar refractivity (Wildman–Crippen MR) is 79.9 cm³/mol. The first-order chi connectivity index (χ1) is 10.1. The molecule has 1 aromatic heterocycles. The van der Waals surface area contributed by atoms with E-state index in [2.05, 4.69) is 4.98 Å². The van der Waals surface area contributed by atoms with Crippen LogP contribution in [0.15, 0.2) is 30.5 Å². The van der Waals surface area contributed by atoms with E-state index in [1.54, 1.807) is 18.2 Å². The van der Waals surface area contributed by atoms with Crippen molar-refractivity contribution < 1.29 is 9.90 Å². The van der Waals surface area contributed by atoms with E-state index in [4.69, 9.17) is 0 Å². The molecule has 0 aliphatic carbocycles. The molecule has 0 atom stereocenters. The molecule has 1 fully saturated rings. The summed E-state index contributed by atoms with van der Waals surface area (Å²) in [6.45, 7) is 3.91. The highest BCUT2D eigenvalue weighted by Crippen LogP contribution is 2.23. The quantitative estimate of drug-likeness (QED) is 0.940. The van der Waals surface area contributed by atoms with Gasteiger partial charge in [0.05, 0.1) is 5.69 Å². The largest absolute Gasteiger partial charge is 0.508 e. The molecule has 3 rings (SSSR count). The number of carbonyl (C=O) groups is 1. The zero-order chi connectivity index (χ0) is 14.8. The number of benzene rings is 1. The number of phenols is 1. The highest BCUT2D eigenvalue weighted by atomic mass is 16.3. The minimum Gasteiger partial charge on any atom is -0.508 e. The predicted octanol–water partition coefficient (Wildman–Crippen LogP) is 2.19. The number of carbonyl (C=O) groups excluding carboxylic acids is 1. The van der Waals surface area contributed by atoms with E-state index in [1.807, 2.05) is 28.7 Å². The third-order valence-electron chi connectivity index (χ3n) is 3.77. The summed E-state index contributed by atoms with van der Waals surface area (Å²) in [5.74, 6) is 1.05. The van der Waals surface area contributed by atoms with Crippen LogP contribution in [0.1, 0.15) is 18.5 Å². The lowest BCUT2D eigenvalue weighted by Gasteiger charge is -2.16. The van der Waals surface area contributed by atoms with E-state index in [-0.39, 0.29) is 11.7 Å². The lowest BCUT2D eigenvalue weighted by Crippen LogP contribution is -2.31. The van der Waals surface area contributed by atoms with Crippen LogP contribution >= 0.6 is 0 Å². The zero-order valence-corrected chi connectivity index (χ0v) is 12.1. The second-order valence-corrected chi connectivity index (χ2v) is 5.47. The highest BCUT2D eigenvalue weighted by molar-refractivity contribution is 5.77. The molecule has 1 aromatic carbocycles. The van der Waals surface area contributed by atoms with Crippen LogP contribution in [0.3, 0.4) is 0 Å². The standard InChI is InChI=1S/C16H19N3O2/c1-12-10-19(11-15(21)18-7-2-3-8-18)16(17-12)13-5-4-6-14(20)9-13/h4-6,9-10,20H,2-3,7-8,11H2,1H3. The monoisotopic (exact) mass is 285 g/mol. The topological polar surface area (TPSA) is 58.4 Å². The maximum absolute atomic E-state index is 12.3. The molecule has 0 saturated carbocycles. The highest BCUT2D eigenvalue weighted by Gasteiger charge is 2.19. The second-order valence-electron chi connectivity index (χ2n) is 5.47. The van der Waals surface area contributed by atoms with Crippen molar-refractivity contribution in [3.05, 3.63) is 36.2 Å². The Morgan fingerprint density at radius 1 is 1.33 bits per heavy atom. The average Bonchev–Trinajstić information content (AvgIpc) is 3.08. The van der Waals surface area contributed by atoms with Gasteiger partial charge >= 0.3 is 0 Å². The van der Waals surface area contributed by atoms with E-state index in [0.29, 0.717) is 6.54 Å². The van der Waals surface area contributed by atoms with Crippen molar-refractivity contribution in [2.24, 2.45) is 0 Å². The summed E-state index contributed by atoms with van der Waals surface area (Å²) in [7, 11) is 0. The van der Waals surface area contributed by atoms with Gasteiger partial charge in [-0.2, -0.15) is 0 Å². The fourth-order valence-electron chi connectivity index (χ4n) is 2.75. The minimum absolute atomic E-state index is 0.131. The molecule has 5 nitrogen and oxygen atoms in total. The smallest absolute Gasteiger partial charge is 0.242 e. The minimum atomic E-state index is 0.131. The van der Waals surface area contributed by atoms with Gasteiger partial charge in [0.2, 0.25) is 5.91 Å². The average molecular weight is 285 g/mol. The first kappa shape index (κ1) is 13.7. The van der Waals surface area contributed by atoms with Gasteiger partial charge in [-0.15, -0.1) is 0 Å². The zero-order valence-electron chi connectivity index (χ0n) is 12.1. The number of aromatic hydroxyl groups is 1. The molecule has 2 heterocycles. The van der Waals surface area contributed by atoms with Crippen molar-refractivity contribution in [3.8, 4) is 17.1 Å². The lowest BCUT2D eigenvalue weighted by molar-refractivity contribution is -0.130. The van der Waals surface area contributed by atoms with E-state index < -0.39 is 0 Å². The fraction of sp³-hybridized carbons (Fsp3) is 0.375. The summed E-state index contributed by atoms with van der Waals surface area (Å²) >= 11 is 0. The molecule has 1 aliphatic heterocycles. The molecule has 1 N–H and O–H groups in total. The van der Waals surface area contributed by atoms with Gasteiger partial charge in [-0.1, -0.05) is 12.1 Å². The van der Waals surface area contributed by atoms with Gasteiger partial charge in [-0.25, -0.2) is 4.98 Å². The Morgan fingerprint density at radius 3 is 2.81 bits per heavy atom. The second kappa shape index (κ2) is 5.60. The number of likely N-dealkylation sites (tertiary alicyclic amines) is 1. The van der Waals surface area contributed by atoms with Crippen LogP contribution in [0.4, 0.5) is 0 Å². The molecule has 0 unspecified atom stereocenters. The normalized spacial score (nSPS) is 14.6. The number of phenolic OH excluding ortho intramolecular Hbond substituents is 1. The van der Waals surface area contributed by atoms with Crippen molar-refractivity contribution in [1.29, 1.82) is 0 Å². The van der Waals surface area contributed by atoms with Gasteiger partial charge in [0.1, 0.15) is 18.1 Å². The van der Waals surface area contributed by atoms with Crippen LogP contribution in [0.25, 0.3) is 11.4 Å². The van der Waals surface area contributed by atoms with Crippen LogP contribution in [0.2, 0.25) is 0 Å². The SMILES string of the molecule is Cc1cn(CC(=O)N2CCCC2)c(-c2cccc(O)c2)n1. The molecular formula is C16H19N3O2. The van der Waals surface area contributed by atoms with Crippen molar-refractivity contribution in [2.45, 2.75) is 26.3 Å². The van der Waals surface area contributed by atoms with Crippen molar-refractivity contribution >= 4 is 5.91 Å². The van der Waals surface area contributed by atoms with Gasteiger partial charge < -0.3 is 14.6 Å². The molecule has 0 radical (unpaired) electrons. The molecule has 1 amide bonds. The van der Waals surface area contributed by atoms with Crippen LogP contribution in [0.5, 0.6) is 5.75 Å². The van der Waals surface area contributed by atoms with Crippen LogP contribution < -0.4 is 0 Å². The van der Waals surface area contributed by atoms with E-state index in [1.165, 1.54) is 0 Å². The molecule has 21 heavy (non-hydrogen) atoms. The molecule has 1 aliphatic rings. The van der Waals surface area contributed by atoms with Gasteiger partial charge in [0.25, 0.3) is 0 Å². The number of amides is 1. The van der Waals surface area contributed by atoms with Crippen molar-refractivity contribution in [3.63, 3.8) is 0 Å². The van der Waals surface area contributed by atoms with Crippen molar-refractivity contribution in [2.75, 3.05) is 13.1 Å². The number of imidazole rings is 1. The number of nitrogens with zero attached hydrogens (tertiary/aromatic N) is 3. The Morgan fingerprint density at radius 2 is 2.10 bits per heavy atom. The maximum atomic E-state index is 12.3. The first-order valence-corrected chi connectivity index (χ1v) is 7.24. The molecule has 110 valence electrons. The molecule has 2 aromatic rings. The van der Waals surface area contributed by atoms with Gasteiger partial charge in [-0.3, -0.25) is 4.79 Å². The molecule has 0 bridgehead atoms. The Bertz CT molecular complexity index is 657. The molecule has 0 spiro atoms. The first-order valence-electron chi connectivity index (χ1n) is 7.24. The summed E-state index contributed by atoms with van der Waals surface area (Å²) in [6, 6.07) is 6.96. The summed E-state index contributed by atoms with van der Waals surface area (Å²) in [5, 5.41) is 9.61. The van der Waals surface area contributed by atoms with Crippen LogP contribution in [-0.4, -0.2) is 38.6 Å². The number of rotatable bonds is 3. The number of hydrogen-bond donors (Lipinski definition) is 1. The fourth-order valence-corrected chi connectivity index (χ4v) is 2.75. The van der Waals surface area contributed by atoms with Gasteiger partial charge in [0.15, 0.2) is 0 Å². The Balaban J connectivity index is 1.87. The maximum Gasteiger partial charge on any atom is 0.242 e. The Kier molecular flexibility index (Phi) is 3.64. The third-order valence-corrected chi connectivity index (χ3v) is 3.77. The third kappa shape index (κ3) is 2.91. The Hall–Kier alpha value is -2.30. The summed E-state index contributed by atoms with van der Waals surface area (Å²) in [5.41, 5.74) is 1.68. The molecular weight excluding hydrogens is 266 g/mol. The van der Waals surface area contributed by atoms with Crippen molar-refractivity contribution in [1.82, 2.24) is 14.5 Å². The van der Waals surface area contributed by atoms with E-state index >= 15 is 0 Å². The lowest BCUT2D eigenvalue weighted by atomic mass is 10.2.